The molecule has 14 heavy (non-hydrogen) atoms. The second kappa shape index (κ2) is 3.78. The molecule has 0 heterocycles. The van der Waals surface area contributed by atoms with Crippen LogP contribution in [0.5, 0.6) is 0 Å². The Labute approximate surface area is 80.3 Å². The fraction of sp³-hybridized carbons (Fsp3) is 0.111. The van der Waals surface area contributed by atoms with Crippen molar-refractivity contribution in [1.29, 1.82) is 0 Å². The molecule has 0 aliphatic rings. The highest BCUT2D eigenvalue weighted by Crippen LogP contribution is 2.12. The van der Waals surface area contributed by atoms with Crippen molar-refractivity contribution >= 4 is 17.6 Å². The summed E-state index contributed by atoms with van der Waals surface area (Å²) in [7, 11) is 0. The van der Waals surface area contributed by atoms with Gasteiger partial charge in [0.2, 0.25) is 5.91 Å². The van der Waals surface area contributed by atoms with E-state index >= 15 is 0 Å². The molecule has 5 heteroatoms. The van der Waals surface area contributed by atoms with Crippen molar-refractivity contribution in [1.82, 2.24) is 0 Å². The number of carbonyl (C=O) groups excluding carboxylic acids is 1. The number of carboxylic acids is 1. The highest BCUT2D eigenvalue weighted by atomic mass is 16.4. The van der Waals surface area contributed by atoms with Crippen LogP contribution in [0, 0.1) is 0 Å². The summed E-state index contributed by atoms with van der Waals surface area (Å²) in [6.07, 6.45) is -0.00861. The van der Waals surface area contributed by atoms with Gasteiger partial charge in [-0.2, -0.15) is 0 Å². The van der Waals surface area contributed by atoms with E-state index in [2.05, 4.69) is 0 Å². The van der Waals surface area contributed by atoms with Crippen LogP contribution >= 0.6 is 0 Å². The van der Waals surface area contributed by atoms with Gasteiger partial charge in [-0.25, -0.2) is 4.79 Å². The molecular formula is C9H10N2O3. The van der Waals surface area contributed by atoms with Crippen molar-refractivity contribution in [2.24, 2.45) is 5.73 Å². The number of amides is 1. The smallest absolute Gasteiger partial charge is 0.335 e. The first kappa shape index (κ1) is 10.0. The summed E-state index contributed by atoms with van der Waals surface area (Å²) in [6, 6.07) is 4.23. The van der Waals surface area contributed by atoms with Gasteiger partial charge >= 0.3 is 5.97 Å². The summed E-state index contributed by atoms with van der Waals surface area (Å²) >= 11 is 0. The highest BCUT2D eigenvalue weighted by Gasteiger charge is 2.07. The first-order valence-corrected chi connectivity index (χ1v) is 3.90. The molecule has 5 nitrogen and oxygen atoms in total. The van der Waals surface area contributed by atoms with Gasteiger partial charge < -0.3 is 16.6 Å². The Morgan fingerprint density at radius 3 is 2.43 bits per heavy atom. The van der Waals surface area contributed by atoms with E-state index < -0.39 is 11.9 Å². The average Bonchev–Trinajstić information content (AvgIpc) is 2.01. The number of hydrogen-bond donors (Lipinski definition) is 3. The molecular weight excluding hydrogens is 184 g/mol. The van der Waals surface area contributed by atoms with Crippen molar-refractivity contribution in [2.45, 2.75) is 6.42 Å². The van der Waals surface area contributed by atoms with E-state index in [0.29, 0.717) is 11.3 Å². The monoisotopic (exact) mass is 194 g/mol. The zero-order valence-corrected chi connectivity index (χ0v) is 7.36. The number of anilines is 1. The van der Waals surface area contributed by atoms with Crippen molar-refractivity contribution in [3.8, 4) is 0 Å². The zero-order chi connectivity index (χ0) is 10.7. The van der Waals surface area contributed by atoms with E-state index in [1.807, 2.05) is 0 Å². The van der Waals surface area contributed by atoms with E-state index in [0.717, 1.165) is 0 Å². The maximum absolute atomic E-state index is 10.6. The van der Waals surface area contributed by atoms with E-state index in [-0.39, 0.29) is 12.0 Å². The number of hydrogen-bond acceptors (Lipinski definition) is 3. The number of carboxylic acid groups (broad SMARTS) is 1. The van der Waals surface area contributed by atoms with Crippen LogP contribution in [-0.2, 0) is 11.2 Å². The Balaban J connectivity index is 3.07. The molecule has 74 valence electrons. The molecule has 0 bridgehead atoms. The molecule has 0 radical (unpaired) electrons. The molecule has 0 atom stereocenters. The molecule has 5 N–H and O–H groups in total. The molecule has 0 spiro atoms. The average molecular weight is 194 g/mol. The van der Waals surface area contributed by atoms with E-state index in [1.54, 1.807) is 0 Å². The molecule has 1 aromatic carbocycles. The van der Waals surface area contributed by atoms with E-state index in [4.69, 9.17) is 16.6 Å². The molecule has 0 saturated carbocycles. The first-order chi connectivity index (χ1) is 6.49. The Morgan fingerprint density at radius 1 is 1.29 bits per heavy atom. The third-order valence-electron chi connectivity index (χ3n) is 1.64. The van der Waals surface area contributed by atoms with Gasteiger partial charge in [-0.15, -0.1) is 0 Å². The molecule has 0 unspecified atom stereocenters. The van der Waals surface area contributed by atoms with Gasteiger partial charge in [0.05, 0.1) is 12.0 Å². The molecule has 0 aliphatic carbocycles. The van der Waals surface area contributed by atoms with Crippen molar-refractivity contribution < 1.29 is 14.7 Å². The lowest BCUT2D eigenvalue weighted by molar-refractivity contribution is -0.117. The van der Waals surface area contributed by atoms with Gasteiger partial charge in [-0.05, 0) is 23.8 Å². The minimum atomic E-state index is -1.08. The lowest BCUT2D eigenvalue weighted by Gasteiger charge is -2.02. The maximum Gasteiger partial charge on any atom is 0.335 e. The number of nitrogens with two attached hydrogens (primary N) is 2. The predicted octanol–water partition coefficient (Wildman–Crippen LogP) is -0.00520. The van der Waals surface area contributed by atoms with Crippen molar-refractivity contribution in [2.75, 3.05) is 5.73 Å². The highest BCUT2D eigenvalue weighted by molar-refractivity contribution is 5.89. The topological polar surface area (TPSA) is 106 Å². The zero-order valence-electron chi connectivity index (χ0n) is 7.36. The fourth-order valence-corrected chi connectivity index (χ4v) is 1.15. The predicted molar refractivity (Wildman–Crippen MR) is 50.7 cm³/mol. The largest absolute Gasteiger partial charge is 0.478 e. The molecule has 0 saturated heterocycles. The molecule has 1 aromatic rings. The van der Waals surface area contributed by atoms with Crippen LogP contribution in [0.3, 0.4) is 0 Å². The lowest BCUT2D eigenvalue weighted by Crippen LogP contribution is -2.14. The normalized spacial score (nSPS) is 9.71. The van der Waals surface area contributed by atoms with Gasteiger partial charge in [-0.3, -0.25) is 4.79 Å². The summed E-state index contributed by atoms with van der Waals surface area (Å²) in [5, 5.41) is 8.70. The van der Waals surface area contributed by atoms with Gasteiger partial charge in [-0.1, -0.05) is 0 Å². The fourth-order valence-electron chi connectivity index (χ4n) is 1.15. The number of nitrogen functional groups attached to an aromatic ring is 1. The van der Waals surface area contributed by atoms with Crippen LogP contribution in [0.2, 0.25) is 0 Å². The van der Waals surface area contributed by atoms with Crippen LogP contribution in [0.1, 0.15) is 15.9 Å². The first-order valence-electron chi connectivity index (χ1n) is 3.90. The van der Waals surface area contributed by atoms with Crippen LogP contribution in [0.25, 0.3) is 0 Å². The lowest BCUT2D eigenvalue weighted by atomic mass is 10.1. The number of rotatable bonds is 3. The Kier molecular flexibility index (Phi) is 2.71. The second-order valence-electron chi connectivity index (χ2n) is 2.91. The van der Waals surface area contributed by atoms with Crippen molar-refractivity contribution in [3.63, 3.8) is 0 Å². The van der Waals surface area contributed by atoms with E-state index in [1.165, 1.54) is 18.2 Å². The van der Waals surface area contributed by atoms with Crippen LogP contribution in [-0.4, -0.2) is 17.0 Å². The molecule has 0 aromatic heterocycles. The van der Waals surface area contributed by atoms with Gasteiger partial charge in [0, 0.05) is 5.69 Å². The number of aromatic carboxylic acids is 1. The third kappa shape index (κ3) is 2.48. The Bertz CT molecular complexity index is 388. The SMILES string of the molecule is NC(=O)Cc1cc(N)cc(C(=O)O)c1. The summed E-state index contributed by atoms with van der Waals surface area (Å²) in [6.45, 7) is 0. The van der Waals surface area contributed by atoms with Gasteiger partial charge in [0.15, 0.2) is 0 Å². The standard InChI is InChI=1S/C9H10N2O3/c10-7-2-5(3-8(11)12)1-6(4-7)9(13)14/h1-2,4H,3,10H2,(H2,11,12)(H,13,14). The summed E-state index contributed by atoms with van der Waals surface area (Å²) in [5.41, 5.74) is 11.3. The quantitative estimate of drug-likeness (QED) is 0.588. The van der Waals surface area contributed by atoms with Crippen LogP contribution in [0.4, 0.5) is 5.69 Å². The summed E-state index contributed by atoms with van der Waals surface area (Å²) in [4.78, 5) is 21.2. The number of primary amides is 1. The maximum atomic E-state index is 10.6. The number of benzene rings is 1. The molecule has 1 amide bonds. The van der Waals surface area contributed by atoms with Crippen molar-refractivity contribution in [3.05, 3.63) is 29.3 Å². The second-order valence-corrected chi connectivity index (χ2v) is 2.91. The summed E-state index contributed by atoms with van der Waals surface area (Å²) < 4.78 is 0. The Hall–Kier alpha value is -2.04. The molecule has 1 rings (SSSR count). The minimum Gasteiger partial charge on any atom is -0.478 e. The van der Waals surface area contributed by atoms with Gasteiger partial charge in [0.1, 0.15) is 0 Å². The minimum absolute atomic E-state index is 0.00861. The molecule has 0 aliphatic heterocycles. The van der Waals surface area contributed by atoms with E-state index in [9.17, 15) is 9.59 Å². The Morgan fingerprint density at radius 2 is 1.93 bits per heavy atom. The molecule has 0 fully saturated rings. The van der Waals surface area contributed by atoms with Crippen LogP contribution in [0.15, 0.2) is 18.2 Å². The van der Waals surface area contributed by atoms with Gasteiger partial charge in [0.25, 0.3) is 0 Å². The third-order valence-corrected chi connectivity index (χ3v) is 1.64. The van der Waals surface area contributed by atoms with Crippen LogP contribution < -0.4 is 11.5 Å². The number of carbonyl (C=O) groups is 2. The summed E-state index contributed by atoms with van der Waals surface area (Å²) in [5.74, 6) is -1.60.